The fraction of sp³-hybridized carbons (Fsp3) is 0.615. The van der Waals surface area contributed by atoms with Gasteiger partial charge in [-0.15, -0.1) is 0 Å². The number of hydrogen-bond acceptors (Lipinski definition) is 4. The first-order valence-corrected chi connectivity index (χ1v) is 6.37. The Balaban J connectivity index is 1.76. The van der Waals surface area contributed by atoms with Gasteiger partial charge in [0.2, 0.25) is 0 Å². The van der Waals surface area contributed by atoms with Crippen LogP contribution in [0.25, 0.3) is 0 Å². The Hall–Kier alpha value is -1.29. The van der Waals surface area contributed by atoms with Gasteiger partial charge in [0.1, 0.15) is 5.78 Å². The highest BCUT2D eigenvalue weighted by Gasteiger charge is 2.37. The van der Waals surface area contributed by atoms with Crippen molar-refractivity contribution < 1.29 is 4.79 Å². The smallest absolute Gasteiger partial charge is 0.136 e. The molecule has 2 aliphatic heterocycles. The van der Waals surface area contributed by atoms with Crippen molar-refractivity contribution in [1.29, 1.82) is 0 Å². The molecule has 4 nitrogen and oxygen atoms in total. The highest BCUT2D eigenvalue weighted by molar-refractivity contribution is 5.80. The molecule has 2 bridgehead atoms. The first kappa shape index (κ1) is 10.8. The third-order valence-electron chi connectivity index (χ3n) is 3.91. The zero-order chi connectivity index (χ0) is 11.7. The molecule has 3 heterocycles. The van der Waals surface area contributed by atoms with Gasteiger partial charge < -0.3 is 0 Å². The van der Waals surface area contributed by atoms with E-state index in [0.29, 0.717) is 17.9 Å². The molecule has 0 radical (unpaired) electrons. The van der Waals surface area contributed by atoms with E-state index in [0.717, 1.165) is 37.9 Å². The second kappa shape index (κ2) is 4.53. The van der Waals surface area contributed by atoms with Gasteiger partial charge in [-0.1, -0.05) is 6.42 Å². The number of rotatable bonds is 2. The molecule has 4 heteroatoms. The number of fused-ring (bicyclic) bond motifs is 2. The first-order chi connectivity index (χ1) is 8.33. The standard InChI is InChI=1S/C13H17N3O/c17-13-7-11-4-1-5-12(8-13)16(11)9-10-3-2-6-14-15-10/h2-3,6,11-12H,1,4-5,7-9H2. The Bertz CT molecular complexity index is 390. The van der Waals surface area contributed by atoms with E-state index < -0.39 is 0 Å². The molecular formula is C13H17N3O. The monoisotopic (exact) mass is 231 g/mol. The lowest BCUT2D eigenvalue weighted by Crippen LogP contribution is -2.51. The number of piperidine rings is 2. The molecule has 0 amide bonds. The van der Waals surface area contributed by atoms with Crippen molar-refractivity contribution in [2.24, 2.45) is 0 Å². The van der Waals surface area contributed by atoms with Crippen LogP contribution < -0.4 is 0 Å². The van der Waals surface area contributed by atoms with Crippen LogP contribution in [0.5, 0.6) is 0 Å². The molecule has 2 saturated heterocycles. The summed E-state index contributed by atoms with van der Waals surface area (Å²) >= 11 is 0. The molecule has 0 N–H and O–H groups in total. The van der Waals surface area contributed by atoms with Gasteiger partial charge in [-0.05, 0) is 25.0 Å². The molecule has 0 spiro atoms. The van der Waals surface area contributed by atoms with Crippen LogP contribution in [0.1, 0.15) is 37.8 Å². The summed E-state index contributed by atoms with van der Waals surface area (Å²) in [4.78, 5) is 14.1. The zero-order valence-electron chi connectivity index (χ0n) is 9.88. The zero-order valence-corrected chi connectivity index (χ0v) is 9.88. The average Bonchev–Trinajstić information content (AvgIpc) is 2.32. The fourth-order valence-corrected chi connectivity index (χ4v) is 3.13. The minimum Gasteiger partial charge on any atom is -0.300 e. The van der Waals surface area contributed by atoms with Gasteiger partial charge in [-0.2, -0.15) is 10.2 Å². The van der Waals surface area contributed by atoms with Gasteiger partial charge in [0, 0.05) is 37.7 Å². The Morgan fingerprint density at radius 1 is 1.29 bits per heavy atom. The van der Waals surface area contributed by atoms with Crippen molar-refractivity contribution in [1.82, 2.24) is 15.1 Å². The lowest BCUT2D eigenvalue weighted by Gasteiger charge is -2.45. The molecule has 0 saturated carbocycles. The van der Waals surface area contributed by atoms with E-state index >= 15 is 0 Å². The van der Waals surface area contributed by atoms with Crippen molar-refractivity contribution >= 4 is 5.78 Å². The van der Waals surface area contributed by atoms with Crippen LogP contribution in [0.2, 0.25) is 0 Å². The number of hydrogen-bond donors (Lipinski definition) is 0. The summed E-state index contributed by atoms with van der Waals surface area (Å²) in [7, 11) is 0. The first-order valence-electron chi connectivity index (χ1n) is 6.37. The van der Waals surface area contributed by atoms with Gasteiger partial charge in [0.15, 0.2) is 0 Å². The predicted octanol–water partition coefficient (Wildman–Crippen LogP) is 1.56. The van der Waals surface area contributed by atoms with E-state index in [4.69, 9.17) is 0 Å². The van der Waals surface area contributed by atoms with Gasteiger partial charge in [-0.25, -0.2) is 0 Å². The molecule has 1 aromatic rings. The molecular weight excluding hydrogens is 214 g/mol. The van der Waals surface area contributed by atoms with Crippen LogP contribution in [0.3, 0.4) is 0 Å². The molecule has 1 aromatic heterocycles. The summed E-state index contributed by atoms with van der Waals surface area (Å²) in [5.74, 6) is 0.440. The number of ketones is 1. The quantitative estimate of drug-likeness (QED) is 0.775. The molecule has 0 aromatic carbocycles. The highest BCUT2D eigenvalue weighted by Crippen LogP contribution is 2.33. The van der Waals surface area contributed by atoms with E-state index in [-0.39, 0.29) is 0 Å². The SMILES string of the molecule is O=C1CC2CCCC(C1)N2Cc1cccnn1. The summed E-state index contributed by atoms with van der Waals surface area (Å²) < 4.78 is 0. The highest BCUT2D eigenvalue weighted by atomic mass is 16.1. The van der Waals surface area contributed by atoms with E-state index in [2.05, 4.69) is 15.1 Å². The third kappa shape index (κ3) is 2.22. The lowest BCUT2D eigenvalue weighted by atomic mass is 9.83. The molecule has 90 valence electrons. The molecule has 2 atom stereocenters. The normalized spacial score (nSPS) is 29.3. The molecule has 17 heavy (non-hydrogen) atoms. The Labute approximate surface area is 101 Å². The number of nitrogens with zero attached hydrogens (tertiary/aromatic N) is 3. The molecule has 3 rings (SSSR count). The van der Waals surface area contributed by atoms with Crippen LogP contribution in [-0.4, -0.2) is 33.0 Å². The van der Waals surface area contributed by atoms with Gasteiger partial charge in [0.05, 0.1) is 5.69 Å². The van der Waals surface area contributed by atoms with Gasteiger partial charge in [0.25, 0.3) is 0 Å². The summed E-state index contributed by atoms with van der Waals surface area (Å²) in [5, 5.41) is 8.06. The van der Waals surface area contributed by atoms with Crippen molar-refractivity contribution in [3.05, 3.63) is 24.0 Å². The van der Waals surface area contributed by atoms with Gasteiger partial charge >= 0.3 is 0 Å². The van der Waals surface area contributed by atoms with Crippen LogP contribution in [0, 0.1) is 0 Å². The second-order valence-electron chi connectivity index (χ2n) is 5.07. The Morgan fingerprint density at radius 2 is 2.06 bits per heavy atom. The minimum absolute atomic E-state index is 0.440. The van der Waals surface area contributed by atoms with Crippen LogP contribution in [0.15, 0.2) is 18.3 Å². The van der Waals surface area contributed by atoms with E-state index in [1.165, 1.54) is 6.42 Å². The molecule has 2 aliphatic rings. The summed E-state index contributed by atoms with van der Waals surface area (Å²) in [6, 6.07) is 4.82. The molecule has 2 unspecified atom stereocenters. The number of carbonyl (C=O) groups excluding carboxylic acids is 1. The fourth-order valence-electron chi connectivity index (χ4n) is 3.13. The second-order valence-corrected chi connectivity index (χ2v) is 5.07. The lowest BCUT2D eigenvalue weighted by molar-refractivity contribution is -0.127. The Kier molecular flexibility index (Phi) is 2.89. The maximum absolute atomic E-state index is 11.6. The van der Waals surface area contributed by atoms with Crippen molar-refractivity contribution in [2.75, 3.05) is 0 Å². The van der Waals surface area contributed by atoms with E-state index in [1.807, 2.05) is 12.1 Å². The van der Waals surface area contributed by atoms with Crippen molar-refractivity contribution in [3.63, 3.8) is 0 Å². The van der Waals surface area contributed by atoms with Crippen molar-refractivity contribution in [2.45, 2.75) is 50.7 Å². The predicted molar refractivity (Wildman–Crippen MR) is 63.2 cm³/mol. The van der Waals surface area contributed by atoms with Crippen LogP contribution in [0.4, 0.5) is 0 Å². The molecule has 0 aliphatic carbocycles. The summed E-state index contributed by atoms with van der Waals surface area (Å²) in [6.45, 7) is 0.844. The number of aromatic nitrogens is 2. The van der Waals surface area contributed by atoms with Gasteiger partial charge in [-0.3, -0.25) is 9.69 Å². The minimum atomic E-state index is 0.440. The van der Waals surface area contributed by atoms with E-state index in [1.54, 1.807) is 6.20 Å². The molecule has 2 fully saturated rings. The maximum Gasteiger partial charge on any atom is 0.136 e. The van der Waals surface area contributed by atoms with Crippen molar-refractivity contribution in [3.8, 4) is 0 Å². The summed E-state index contributed by atoms with van der Waals surface area (Å²) in [6.07, 6.45) is 6.74. The van der Waals surface area contributed by atoms with Crippen LogP contribution in [-0.2, 0) is 11.3 Å². The topological polar surface area (TPSA) is 46.1 Å². The van der Waals surface area contributed by atoms with Crippen LogP contribution >= 0.6 is 0 Å². The maximum atomic E-state index is 11.6. The number of carbonyl (C=O) groups is 1. The third-order valence-corrected chi connectivity index (χ3v) is 3.91. The Morgan fingerprint density at radius 3 is 2.71 bits per heavy atom. The average molecular weight is 231 g/mol. The summed E-state index contributed by atoms with van der Waals surface area (Å²) in [5.41, 5.74) is 1.01. The largest absolute Gasteiger partial charge is 0.300 e. The number of Topliss-reactive ketones (excluding diaryl/α,β-unsaturated/α-hetero) is 1. The van der Waals surface area contributed by atoms with E-state index in [9.17, 15) is 4.79 Å².